The van der Waals surface area contributed by atoms with Crippen LogP contribution < -0.4 is 0 Å². The molecule has 2 heterocycles. The molecule has 0 atom stereocenters. The molecule has 0 N–H and O–H groups in total. The molecule has 0 aliphatic rings. The predicted octanol–water partition coefficient (Wildman–Crippen LogP) is 2.44. The van der Waals surface area contributed by atoms with Crippen molar-refractivity contribution in [3.63, 3.8) is 0 Å². The lowest BCUT2D eigenvalue weighted by Gasteiger charge is -2.00. The number of hydrogen-bond donors (Lipinski definition) is 0. The molecule has 0 saturated heterocycles. The van der Waals surface area contributed by atoms with E-state index in [9.17, 15) is 4.79 Å². The Morgan fingerprint density at radius 1 is 1.53 bits per heavy atom. The van der Waals surface area contributed by atoms with Crippen molar-refractivity contribution in [3.05, 3.63) is 21.8 Å². The lowest BCUT2D eigenvalue weighted by Crippen LogP contribution is -2.02. The predicted molar refractivity (Wildman–Crippen MR) is 58.5 cm³/mol. The van der Waals surface area contributed by atoms with Gasteiger partial charge < -0.3 is 4.74 Å². The molecule has 78 valence electrons. The maximum atomic E-state index is 11.5. The standard InChI is InChI=1S/C9H7ClN2O2S/c1-4-3-5(8(13)14-2)6-7(11-4)12-9(10)15-6/h3H,1-2H3. The Kier molecular flexibility index (Phi) is 2.58. The average molecular weight is 243 g/mol. The van der Waals surface area contributed by atoms with E-state index in [2.05, 4.69) is 14.7 Å². The van der Waals surface area contributed by atoms with Gasteiger partial charge in [-0.2, -0.15) is 0 Å². The smallest absolute Gasteiger partial charge is 0.339 e. The molecule has 6 heteroatoms. The molecule has 0 spiro atoms. The van der Waals surface area contributed by atoms with Crippen LogP contribution in [0, 0.1) is 6.92 Å². The van der Waals surface area contributed by atoms with Crippen LogP contribution >= 0.6 is 22.9 Å². The molecule has 0 aliphatic heterocycles. The molecule has 0 aliphatic carbocycles. The molecular weight excluding hydrogens is 236 g/mol. The van der Waals surface area contributed by atoms with E-state index >= 15 is 0 Å². The van der Waals surface area contributed by atoms with E-state index in [0.717, 1.165) is 0 Å². The number of aromatic nitrogens is 2. The summed E-state index contributed by atoms with van der Waals surface area (Å²) < 4.78 is 5.71. The second kappa shape index (κ2) is 3.75. The zero-order chi connectivity index (χ0) is 11.0. The van der Waals surface area contributed by atoms with Crippen molar-refractivity contribution >= 4 is 39.3 Å². The quantitative estimate of drug-likeness (QED) is 0.721. The number of fused-ring (bicyclic) bond motifs is 1. The highest BCUT2D eigenvalue weighted by Crippen LogP contribution is 2.28. The van der Waals surface area contributed by atoms with Gasteiger partial charge in [-0.25, -0.2) is 14.8 Å². The highest BCUT2D eigenvalue weighted by molar-refractivity contribution is 7.22. The van der Waals surface area contributed by atoms with Gasteiger partial charge in [0, 0.05) is 5.69 Å². The molecule has 2 aromatic rings. The Labute approximate surface area is 94.9 Å². The Morgan fingerprint density at radius 3 is 2.93 bits per heavy atom. The number of rotatable bonds is 1. The molecular formula is C9H7ClN2O2S. The third-order valence-electron chi connectivity index (χ3n) is 1.87. The molecule has 0 amide bonds. The largest absolute Gasteiger partial charge is 0.465 e. The van der Waals surface area contributed by atoms with Gasteiger partial charge in [0.25, 0.3) is 0 Å². The Bertz CT molecular complexity index is 538. The number of ether oxygens (including phenoxy) is 1. The van der Waals surface area contributed by atoms with Crippen molar-refractivity contribution in [2.75, 3.05) is 7.11 Å². The minimum Gasteiger partial charge on any atom is -0.465 e. The van der Waals surface area contributed by atoms with Gasteiger partial charge in [-0.05, 0) is 13.0 Å². The maximum Gasteiger partial charge on any atom is 0.339 e. The highest BCUT2D eigenvalue weighted by atomic mass is 35.5. The number of aryl methyl sites for hydroxylation is 1. The normalized spacial score (nSPS) is 10.6. The van der Waals surface area contributed by atoms with Crippen LogP contribution in [-0.4, -0.2) is 23.0 Å². The van der Waals surface area contributed by atoms with Gasteiger partial charge in [-0.1, -0.05) is 22.9 Å². The molecule has 0 bridgehead atoms. The van der Waals surface area contributed by atoms with E-state index in [1.54, 1.807) is 13.0 Å². The van der Waals surface area contributed by atoms with Crippen LogP contribution in [0.15, 0.2) is 6.07 Å². The summed E-state index contributed by atoms with van der Waals surface area (Å²) >= 11 is 6.99. The third-order valence-corrected chi connectivity index (χ3v) is 3.05. The van der Waals surface area contributed by atoms with Gasteiger partial charge in [-0.3, -0.25) is 0 Å². The molecule has 0 aromatic carbocycles. The summed E-state index contributed by atoms with van der Waals surface area (Å²) in [6.45, 7) is 1.79. The van der Waals surface area contributed by atoms with Gasteiger partial charge >= 0.3 is 5.97 Å². The molecule has 0 unspecified atom stereocenters. The molecule has 4 nitrogen and oxygen atoms in total. The number of carbonyl (C=O) groups is 1. The van der Waals surface area contributed by atoms with Crippen LogP contribution in [0.1, 0.15) is 16.1 Å². The Balaban J connectivity index is 2.75. The highest BCUT2D eigenvalue weighted by Gasteiger charge is 2.15. The Hall–Kier alpha value is -1.20. The van der Waals surface area contributed by atoms with Crippen LogP contribution in [0.5, 0.6) is 0 Å². The number of nitrogens with zero attached hydrogens (tertiary/aromatic N) is 2. The second-order valence-electron chi connectivity index (χ2n) is 2.92. The monoisotopic (exact) mass is 242 g/mol. The molecule has 15 heavy (non-hydrogen) atoms. The van der Waals surface area contributed by atoms with E-state index in [-0.39, 0.29) is 0 Å². The van der Waals surface area contributed by atoms with Gasteiger partial charge in [0.1, 0.15) is 0 Å². The average Bonchev–Trinajstić information content (AvgIpc) is 2.55. The van der Waals surface area contributed by atoms with Gasteiger partial charge in [0.2, 0.25) is 0 Å². The zero-order valence-electron chi connectivity index (χ0n) is 8.07. The van der Waals surface area contributed by atoms with E-state index in [1.165, 1.54) is 18.4 Å². The lowest BCUT2D eigenvalue weighted by molar-refractivity contribution is 0.0603. The summed E-state index contributed by atoms with van der Waals surface area (Å²) in [6.07, 6.45) is 0. The number of halogens is 1. The van der Waals surface area contributed by atoms with Gasteiger partial charge in [-0.15, -0.1) is 0 Å². The van der Waals surface area contributed by atoms with Crippen molar-refractivity contribution in [1.29, 1.82) is 0 Å². The summed E-state index contributed by atoms with van der Waals surface area (Å²) in [5.74, 6) is -0.397. The van der Waals surface area contributed by atoms with E-state index in [4.69, 9.17) is 11.6 Å². The number of carbonyl (C=O) groups excluding carboxylic acids is 1. The van der Waals surface area contributed by atoms with Crippen molar-refractivity contribution in [2.45, 2.75) is 6.92 Å². The van der Waals surface area contributed by atoms with E-state index in [1.807, 2.05) is 0 Å². The maximum absolute atomic E-state index is 11.5. The Morgan fingerprint density at radius 2 is 2.27 bits per heavy atom. The number of methoxy groups -OCH3 is 1. The zero-order valence-corrected chi connectivity index (χ0v) is 9.65. The number of esters is 1. The van der Waals surface area contributed by atoms with Gasteiger partial charge in [0.15, 0.2) is 10.1 Å². The lowest BCUT2D eigenvalue weighted by atomic mass is 10.2. The minimum absolute atomic E-state index is 0.369. The first-order chi connectivity index (χ1) is 7.11. The van der Waals surface area contributed by atoms with Gasteiger partial charge in [0.05, 0.1) is 17.4 Å². The SMILES string of the molecule is COC(=O)c1cc(C)nc2nc(Cl)sc12. The summed E-state index contributed by atoms with van der Waals surface area (Å²) in [4.78, 5) is 19.7. The van der Waals surface area contributed by atoms with Crippen molar-refractivity contribution in [3.8, 4) is 0 Å². The fraction of sp³-hybridized carbons (Fsp3) is 0.222. The second-order valence-corrected chi connectivity index (χ2v) is 4.50. The fourth-order valence-electron chi connectivity index (χ4n) is 1.27. The molecule has 0 radical (unpaired) electrons. The van der Waals surface area contributed by atoms with Crippen LogP contribution in [0.3, 0.4) is 0 Å². The topological polar surface area (TPSA) is 52.1 Å². The first-order valence-electron chi connectivity index (χ1n) is 4.14. The molecule has 2 aromatic heterocycles. The van der Waals surface area contributed by atoms with Crippen molar-refractivity contribution in [2.24, 2.45) is 0 Å². The van der Waals surface area contributed by atoms with Crippen LogP contribution in [0.2, 0.25) is 4.47 Å². The summed E-state index contributed by atoms with van der Waals surface area (Å²) in [5, 5.41) is 0. The molecule has 0 fully saturated rings. The number of hydrogen-bond acceptors (Lipinski definition) is 5. The van der Waals surface area contributed by atoms with Crippen molar-refractivity contribution < 1.29 is 9.53 Å². The van der Waals surface area contributed by atoms with E-state index in [0.29, 0.717) is 26.1 Å². The first-order valence-corrected chi connectivity index (χ1v) is 5.33. The summed E-state index contributed by atoms with van der Waals surface area (Å²) in [5.41, 5.74) is 1.67. The van der Waals surface area contributed by atoms with Crippen LogP contribution in [0.25, 0.3) is 10.3 Å². The summed E-state index contributed by atoms with van der Waals surface area (Å²) in [6, 6.07) is 1.67. The van der Waals surface area contributed by atoms with Crippen LogP contribution in [0.4, 0.5) is 0 Å². The van der Waals surface area contributed by atoms with Crippen molar-refractivity contribution in [1.82, 2.24) is 9.97 Å². The first kappa shape index (κ1) is 10.3. The van der Waals surface area contributed by atoms with Crippen LogP contribution in [-0.2, 0) is 4.74 Å². The van der Waals surface area contributed by atoms with E-state index < -0.39 is 5.97 Å². The molecule has 2 rings (SSSR count). The molecule has 0 saturated carbocycles. The number of pyridine rings is 1. The number of thiazole rings is 1. The fourth-order valence-corrected chi connectivity index (χ4v) is 2.32. The third kappa shape index (κ3) is 1.80. The minimum atomic E-state index is -0.397. The summed E-state index contributed by atoms with van der Waals surface area (Å²) in [7, 11) is 1.34.